The molecule has 2 aromatic heterocycles. The van der Waals surface area contributed by atoms with Crippen molar-refractivity contribution in [2.45, 2.75) is 33.1 Å². The second-order valence-electron chi connectivity index (χ2n) is 4.34. The molecular formula is C12H17BrN2S. The molecule has 0 spiro atoms. The van der Waals surface area contributed by atoms with E-state index in [1.54, 1.807) is 11.3 Å². The molecule has 0 saturated carbocycles. The van der Waals surface area contributed by atoms with Crippen LogP contribution >= 0.6 is 27.3 Å². The molecule has 2 aromatic rings. The fourth-order valence-corrected chi connectivity index (χ4v) is 3.69. The minimum atomic E-state index is 0.365. The minimum absolute atomic E-state index is 0.365. The van der Waals surface area contributed by atoms with Crippen LogP contribution in [0.1, 0.15) is 32.4 Å². The first-order valence-corrected chi connectivity index (χ1v) is 7.70. The maximum absolute atomic E-state index is 4.66. The summed E-state index contributed by atoms with van der Waals surface area (Å²) in [7, 11) is 0. The lowest BCUT2D eigenvalue weighted by atomic mass is 9.80. The van der Waals surface area contributed by atoms with Gasteiger partial charge in [-0.05, 0) is 24.7 Å². The van der Waals surface area contributed by atoms with Crippen molar-refractivity contribution in [2.75, 3.05) is 5.33 Å². The summed E-state index contributed by atoms with van der Waals surface area (Å²) < 4.78 is 2.12. The fourth-order valence-electron chi connectivity index (χ4n) is 1.98. The average Bonchev–Trinajstić information content (AvgIpc) is 2.86. The quantitative estimate of drug-likeness (QED) is 0.759. The van der Waals surface area contributed by atoms with Gasteiger partial charge in [0.15, 0.2) is 4.96 Å². The van der Waals surface area contributed by atoms with E-state index in [0.29, 0.717) is 5.41 Å². The summed E-state index contributed by atoms with van der Waals surface area (Å²) in [5.41, 5.74) is 1.58. The highest BCUT2D eigenvalue weighted by molar-refractivity contribution is 9.09. The first-order valence-electron chi connectivity index (χ1n) is 5.70. The number of rotatable bonds is 5. The molecule has 0 fully saturated rings. The second-order valence-corrected chi connectivity index (χ2v) is 5.78. The Morgan fingerprint density at radius 3 is 2.75 bits per heavy atom. The Bertz CT molecular complexity index is 419. The third-order valence-corrected chi connectivity index (χ3v) is 5.44. The molecule has 88 valence electrons. The molecule has 0 aliphatic heterocycles. The number of imidazole rings is 1. The van der Waals surface area contributed by atoms with E-state index in [-0.39, 0.29) is 0 Å². The summed E-state index contributed by atoms with van der Waals surface area (Å²) in [5, 5.41) is 3.13. The van der Waals surface area contributed by atoms with Crippen LogP contribution in [-0.2, 0) is 6.42 Å². The van der Waals surface area contributed by atoms with E-state index in [9.17, 15) is 0 Å². The van der Waals surface area contributed by atoms with E-state index in [1.165, 1.54) is 18.5 Å². The summed E-state index contributed by atoms with van der Waals surface area (Å²) in [6.45, 7) is 4.53. The third kappa shape index (κ3) is 2.18. The average molecular weight is 301 g/mol. The van der Waals surface area contributed by atoms with Crippen molar-refractivity contribution in [3.05, 3.63) is 23.5 Å². The lowest BCUT2D eigenvalue weighted by Gasteiger charge is -2.28. The molecule has 0 aromatic carbocycles. The largest absolute Gasteiger partial charge is 0.297 e. The van der Waals surface area contributed by atoms with E-state index in [0.717, 1.165) is 16.7 Å². The first kappa shape index (κ1) is 12.1. The topological polar surface area (TPSA) is 17.3 Å². The van der Waals surface area contributed by atoms with Gasteiger partial charge in [0.05, 0.1) is 5.69 Å². The van der Waals surface area contributed by atoms with E-state index in [1.807, 2.05) is 0 Å². The SMILES string of the molecule is CCC(CC)(CBr)Cc1cn2ccsc2n1. The Labute approximate surface area is 109 Å². The van der Waals surface area contributed by atoms with Gasteiger partial charge < -0.3 is 0 Å². The molecule has 2 heterocycles. The molecule has 0 atom stereocenters. The molecular weight excluding hydrogens is 284 g/mol. The molecule has 0 radical (unpaired) electrons. The number of hydrogen-bond donors (Lipinski definition) is 0. The van der Waals surface area contributed by atoms with Crippen molar-refractivity contribution in [2.24, 2.45) is 5.41 Å². The van der Waals surface area contributed by atoms with Gasteiger partial charge in [-0.25, -0.2) is 4.98 Å². The molecule has 4 heteroatoms. The van der Waals surface area contributed by atoms with Gasteiger partial charge in [-0.15, -0.1) is 11.3 Å². The van der Waals surface area contributed by atoms with Crippen LogP contribution in [0.4, 0.5) is 0 Å². The minimum Gasteiger partial charge on any atom is -0.297 e. The van der Waals surface area contributed by atoms with Crippen LogP contribution in [0.3, 0.4) is 0 Å². The predicted molar refractivity (Wildman–Crippen MR) is 73.6 cm³/mol. The Morgan fingerprint density at radius 1 is 1.44 bits per heavy atom. The Morgan fingerprint density at radius 2 is 2.19 bits per heavy atom. The number of aromatic nitrogens is 2. The fraction of sp³-hybridized carbons (Fsp3) is 0.583. The Balaban J connectivity index is 2.22. The summed E-state index contributed by atoms with van der Waals surface area (Å²) in [6, 6.07) is 0. The normalized spacial score (nSPS) is 12.4. The number of alkyl halides is 1. The zero-order valence-corrected chi connectivity index (χ0v) is 12.1. The second kappa shape index (κ2) is 4.88. The number of halogens is 1. The van der Waals surface area contributed by atoms with Gasteiger partial charge >= 0.3 is 0 Å². The third-order valence-electron chi connectivity index (χ3n) is 3.48. The zero-order valence-electron chi connectivity index (χ0n) is 9.74. The van der Waals surface area contributed by atoms with E-state index in [2.05, 4.69) is 56.9 Å². The summed E-state index contributed by atoms with van der Waals surface area (Å²) in [4.78, 5) is 5.76. The van der Waals surface area contributed by atoms with E-state index < -0.39 is 0 Å². The summed E-state index contributed by atoms with van der Waals surface area (Å²) in [5.74, 6) is 0. The van der Waals surface area contributed by atoms with Gasteiger partial charge in [0.2, 0.25) is 0 Å². The van der Waals surface area contributed by atoms with Crippen molar-refractivity contribution in [1.29, 1.82) is 0 Å². The number of thiazole rings is 1. The highest BCUT2D eigenvalue weighted by Crippen LogP contribution is 2.33. The first-order chi connectivity index (χ1) is 7.73. The van der Waals surface area contributed by atoms with Crippen LogP contribution < -0.4 is 0 Å². The van der Waals surface area contributed by atoms with E-state index >= 15 is 0 Å². The molecule has 0 unspecified atom stereocenters. The van der Waals surface area contributed by atoms with Gasteiger partial charge in [0.25, 0.3) is 0 Å². The molecule has 0 aliphatic carbocycles. The van der Waals surface area contributed by atoms with Crippen molar-refractivity contribution in [3.63, 3.8) is 0 Å². The van der Waals surface area contributed by atoms with Crippen LogP contribution in [0.2, 0.25) is 0 Å². The maximum atomic E-state index is 4.66. The monoisotopic (exact) mass is 300 g/mol. The van der Waals surface area contributed by atoms with Crippen molar-refractivity contribution in [3.8, 4) is 0 Å². The molecule has 0 bridgehead atoms. The van der Waals surface area contributed by atoms with Gasteiger partial charge in [0, 0.05) is 23.1 Å². The lowest BCUT2D eigenvalue weighted by Crippen LogP contribution is -2.24. The zero-order chi connectivity index (χ0) is 11.6. The molecule has 0 amide bonds. The van der Waals surface area contributed by atoms with Gasteiger partial charge in [-0.2, -0.15) is 0 Å². The van der Waals surface area contributed by atoms with Crippen LogP contribution in [0.15, 0.2) is 17.8 Å². The molecule has 0 saturated heterocycles. The van der Waals surface area contributed by atoms with Crippen LogP contribution in [0, 0.1) is 5.41 Å². The highest BCUT2D eigenvalue weighted by Gasteiger charge is 2.26. The number of fused-ring (bicyclic) bond motifs is 1. The van der Waals surface area contributed by atoms with Crippen LogP contribution in [0.25, 0.3) is 4.96 Å². The molecule has 16 heavy (non-hydrogen) atoms. The van der Waals surface area contributed by atoms with Crippen LogP contribution in [-0.4, -0.2) is 14.7 Å². The number of hydrogen-bond acceptors (Lipinski definition) is 2. The molecule has 0 N–H and O–H groups in total. The Hall–Kier alpha value is -0.350. The van der Waals surface area contributed by atoms with Crippen molar-refractivity contribution in [1.82, 2.24) is 9.38 Å². The van der Waals surface area contributed by atoms with Crippen LogP contribution in [0.5, 0.6) is 0 Å². The lowest BCUT2D eigenvalue weighted by molar-refractivity contribution is 0.304. The van der Waals surface area contributed by atoms with E-state index in [4.69, 9.17) is 0 Å². The van der Waals surface area contributed by atoms with Crippen molar-refractivity contribution < 1.29 is 0 Å². The summed E-state index contributed by atoms with van der Waals surface area (Å²) in [6.07, 6.45) is 7.69. The van der Waals surface area contributed by atoms with Gasteiger partial charge in [-0.3, -0.25) is 4.40 Å². The number of nitrogens with zero attached hydrogens (tertiary/aromatic N) is 2. The standard InChI is InChI=1S/C12H17BrN2S/c1-3-12(4-2,9-13)7-10-8-15-5-6-16-11(15)14-10/h5-6,8H,3-4,7,9H2,1-2H3. The summed E-state index contributed by atoms with van der Waals surface area (Å²) >= 11 is 5.35. The highest BCUT2D eigenvalue weighted by atomic mass is 79.9. The van der Waals surface area contributed by atoms with Gasteiger partial charge in [0.1, 0.15) is 0 Å². The Kier molecular flexibility index (Phi) is 3.70. The van der Waals surface area contributed by atoms with Crippen molar-refractivity contribution >= 4 is 32.2 Å². The molecule has 2 nitrogen and oxygen atoms in total. The maximum Gasteiger partial charge on any atom is 0.193 e. The molecule has 2 rings (SSSR count). The molecule has 0 aliphatic rings. The smallest absolute Gasteiger partial charge is 0.193 e. The van der Waals surface area contributed by atoms with Gasteiger partial charge in [-0.1, -0.05) is 29.8 Å². The predicted octanol–water partition coefficient (Wildman–Crippen LogP) is 4.14.